The molecular formula is C25H21N7O2S. The first kappa shape index (κ1) is 22.2. The minimum absolute atomic E-state index is 0.0351. The number of hydrogen-bond donors (Lipinski definition) is 4. The van der Waals surface area contributed by atoms with Gasteiger partial charge < -0.3 is 21.7 Å². The van der Waals surface area contributed by atoms with Crippen molar-refractivity contribution in [2.75, 3.05) is 23.4 Å². The first-order valence-corrected chi connectivity index (χ1v) is 11.6. The third kappa shape index (κ3) is 4.46. The zero-order chi connectivity index (χ0) is 24.5. The second-order valence-corrected chi connectivity index (χ2v) is 8.80. The molecule has 0 aliphatic heterocycles. The molecule has 0 radical (unpaired) electrons. The van der Waals surface area contributed by atoms with Gasteiger partial charge in [-0.05, 0) is 48.0 Å². The minimum atomic E-state index is -0.516. The van der Waals surface area contributed by atoms with Crippen molar-refractivity contribution in [1.82, 2.24) is 20.3 Å². The predicted molar refractivity (Wildman–Crippen MR) is 139 cm³/mol. The third-order valence-electron chi connectivity index (χ3n) is 5.38. The number of nitrogens with two attached hydrogens (primary N) is 1. The summed E-state index contributed by atoms with van der Waals surface area (Å²) in [5.41, 5.74) is 8.90. The van der Waals surface area contributed by atoms with E-state index in [0.29, 0.717) is 28.4 Å². The van der Waals surface area contributed by atoms with Crippen molar-refractivity contribution in [3.05, 3.63) is 76.9 Å². The Morgan fingerprint density at radius 2 is 1.83 bits per heavy atom. The van der Waals surface area contributed by atoms with Crippen LogP contribution in [0.15, 0.2) is 60.0 Å². The summed E-state index contributed by atoms with van der Waals surface area (Å²) in [6.07, 6.45) is 0. The van der Waals surface area contributed by atoms with Gasteiger partial charge >= 0.3 is 0 Å². The number of nitrogen functional groups attached to an aromatic ring is 1. The van der Waals surface area contributed by atoms with Gasteiger partial charge in [0.05, 0.1) is 10.2 Å². The van der Waals surface area contributed by atoms with Crippen molar-refractivity contribution in [3.8, 4) is 0 Å². The number of anilines is 4. The topological polar surface area (TPSA) is 135 Å². The Morgan fingerprint density at radius 3 is 2.66 bits per heavy atom. The van der Waals surface area contributed by atoms with Gasteiger partial charge in [0.25, 0.3) is 11.8 Å². The maximum Gasteiger partial charge on any atom is 0.294 e. The molecule has 0 spiro atoms. The van der Waals surface area contributed by atoms with E-state index in [2.05, 4.69) is 30.9 Å². The average molecular weight is 484 g/mol. The lowest BCUT2D eigenvalue weighted by Crippen LogP contribution is -2.18. The Labute approximate surface area is 204 Å². The fraction of sp³-hybridized carbons (Fsp3) is 0.0800. The number of hydrogen-bond acceptors (Lipinski definition) is 8. The summed E-state index contributed by atoms with van der Waals surface area (Å²) in [5, 5.41) is 12.2. The highest BCUT2D eigenvalue weighted by molar-refractivity contribution is 7.17. The first-order chi connectivity index (χ1) is 16.9. The Bertz CT molecular complexity index is 1610. The van der Waals surface area contributed by atoms with E-state index in [1.165, 1.54) is 11.3 Å². The van der Waals surface area contributed by atoms with Crippen LogP contribution in [0.3, 0.4) is 0 Å². The van der Waals surface area contributed by atoms with Crippen LogP contribution < -0.4 is 21.7 Å². The van der Waals surface area contributed by atoms with Gasteiger partial charge in [0.1, 0.15) is 17.5 Å². The van der Waals surface area contributed by atoms with Crippen LogP contribution in [0.5, 0.6) is 0 Å². The number of rotatable bonds is 5. The molecule has 3 heterocycles. The van der Waals surface area contributed by atoms with Gasteiger partial charge in [0.15, 0.2) is 0 Å². The number of thiophene rings is 1. The molecule has 10 heteroatoms. The van der Waals surface area contributed by atoms with Crippen LogP contribution >= 0.6 is 11.3 Å². The number of amides is 2. The van der Waals surface area contributed by atoms with Crippen LogP contribution in [-0.2, 0) is 0 Å². The molecule has 5 N–H and O–H groups in total. The number of nitrogens with zero attached hydrogens (tertiary/aromatic N) is 3. The van der Waals surface area contributed by atoms with E-state index >= 15 is 0 Å². The fourth-order valence-corrected chi connectivity index (χ4v) is 4.45. The van der Waals surface area contributed by atoms with Gasteiger partial charge in [-0.25, -0.2) is 15.0 Å². The number of carbonyl (C=O) groups excluding carboxylic acids is 2. The van der Waals surface area contributed by atoms with Crippen molar-refractivity contribution in [3.63, 3.8) is 0 Å². The highest BCUT2D eigenvalue weighted by Crippen LogP contribution is 2.29. The van der Waals surface area contributed by atoms with Crippen LogP contribution in [0.1, 0.15) is 26.5 Å². The molecule has 174 valence electrons. The van der Waals surface area contributed by atoms with Crippen molar-refractivity contribution in [2.24, 2.45) is 0 Å². The number of fused-ring (bicyclic) bond motifs is 2. The molecule has 2 amide bonds. The van der Waals surface area contributed by atoms with Gasteiger partial charge in [0.2, 0.25) is 5.82 Å². The van der Waals surface area contributed by atoms with Gasteiger partial charge in [-0.2, -0.15) is 0 Å². The van der Waals surface area contributed by atoms with E-state index in [1.54, 1.807) is 31.3 Å². The van der Waals surface area contributed by atoms with Gasteiger partial charge in [0, 0.05) is 23.7 Å². The Morgan fingerprint density at radius 1 is 0.971 bits per heavy atom. The zero-order valence-electron chi connectivity index (χ0n) is 18.9. The normalized spacial score (nSPS) is 10.9. The van der Waals surface area contributed by atoms with Crippen LogP contribution in [0, 0.1) is 6.92 Å². The number of pyridine rings is 1. The third-order valence-corrected chi connectivity index (χ3v) is 6.30. The summed E-state index contributed by atoms with van der Waals surface area (Å²) in [6, 6.07) is 16.6. The van der Waals surface area contributed by atoms with E-state index in [4.69, 9.17) is 5.73 Å². The van der Waals surface area contributed by atoms with Crippen LogP contribution in [0.4, 0.5) is 23.1 Å². The van der Waals surface area contributed by atoms with Crippen LogP contribution in [-0.4, -0.2) is 33.8 Å². The molecule has 0 aliphatic rings. The molecule has 0 fully saturated rings. The maximum absolute atomic E-state index is 13.1. The molecule has 0 atom stereocenters. The van der Waals surface area contributed by atoms with Crippen molar-refractivity contribution >= 4 is 67.3 Å². The molecule has 2 aromatic carbocycles. The molecular weight excluding hydrogens is 462 g/mol. The Balaban J connectivity index is 1.52. The van der Waals surface area contributed by atoms with E-state index < -0.39 is 5.91 Å². The summed E-state index contributed by atoms with van der Waals surface area (Å²) >= 11 is 1.42. The van der Waals surface area contributed by atoms with E-state index in [-0.39, 0.29) is 17.5 Å². The highest BCUT2D eigenvalue weighted by atomic mass is 32.1. The molecule has 3 aromatic heterocycles. The molecule has 5 rings (SSSR count). The maximum atomic E-state index is 13.1. The van der Waals surface area contributed by atoms with E-state index in [9.17, 15) is 9.59 Å². The van der Waals surface area contributed by atoms with E-state index in [1.807, 2.05) is 42.6 Å². The van der Waals surface area contributed by atoms with Gasteiger partial charge in [-0.3, -0.25) is 9.59 Å². The van der Waals surface area contributed by atoms with E-state index in [0.717, 1.165) is 21.0 Å². The quantitative estimate of drug-likeness (QED) is 0.289. The number of aryl methyl sites for hydroxylation is 1. The average Bonchev–Trinajstić information content (AvgIpc) is 3.33. The molecule has 5 aromatic rings. The number of carbonyl (C=O) groups is 2. The lowest BCUT2D eigenvalue weighted by molar-refractivity contribution is 0.0962. The van der Waals surface area contributed by atoms with Crippen LogP contribution in [0.2, 0.25) is 0 Å². The Kier molecular flexibility index (Phi) is 5.71. The molecule has 0 bridgehead atoms. The lowest BCUT2D eigenvalue weighted by atomic mass is 10.1. The molecule has 0 saturated carbocycles. The zero-order valence-corrected chi connectivity index (χ0v) is 19.7. The smallest absolute Gasteiger partial charge is 0.294 e. The summed E-state index contributed by atoms with van der Waals surface area (Å²) in [7, 11) is 1.58. The molecule has 9 nitrogen and oxygen atoms in total. The Hall–Kier alpha value is -4.57. The van der Waals surface area contributed by atoms with Gasteiger partial charge in [-0.1, -0.05) is 29.8 Å². The number of nitrogens with one attached hydrogen (secondary N) is 3. The lowest BCUT2D eigenvalue weighted by Gasteiger charge is -2.13. The SMILES string of the molecule is CNC(=O)c1cccc(Nc2cc3cc(C)ccc3c(NC(=O)c3nc(N)c4sccc4n3)n2)c1. The standard InChI is InChI=1S/C25H21N7O2S/c1-13-6-7-17-15(10-13)12-19(28-16-5-3-4-14(11-16)24(33)27-2)30-22(17)32-25(34)23-29-18-8-9-35-20(18)21(26)31-23/h3-12H,1-2H3,(H,27,33)(H2,26,29,31)(H2,28,30,32,34). The fourth-order valence-electron chi connectivity index (χ4n) is 3.72. The van der Waals surface area contributed by atoms with Crippen molar-refractivity contribution in [2.45, 2.75) is 6.92 Å². The summed E-state index contributed by atoms with van der Waals surface area (Å²) in [4.78, 5) is 38.2. The molecule has 0 unspecified atom stereocenters. The largest absolute Gasteiger partial charge is 0.382 e. The minimum Gasteiger partial charge on any atom is -0.382 e. The van der Waals surface area contributed by atoms with Crippen LogP contribution in [0.25, 0.3) is 21.0 Å². The number of aromatic nitrogens is 3. The molecule has 0 saturated heterocycles. The number of benzene rings is 2. The first-order valence-electron chi connectivity index (χ1n) is 10.7. The second kappa shape index (κ2) is 8.99. The molecule has 35 heavy (non-hydrogen) atoms. The summed E-state index contributed by atoms with van der Waals surface area (Å²) in [5.74, 6) is 0.372. The second-order valence-electron chi connectivity index (χ2n) is 7.89. The summed E-state index contributed by atoms with van der Waals surface area (Å²) < 4.78 is 0.741. The van der Waals surface area contributed by atoms with Gasteiger partial charge in [-0.15, -0.1) is 11.3 Å². The molecule has 0 aliphatic carbocycles. The van der Waals surface area contributed by atoms with Crippen molar-refractivity contribution in [1.29, 1.82) is 0 Å². The highest BCUT2D eigenvalue weighted by Gasteiger charge is 2.17. The van der Waals surface area contributed by atoms with Crippen molar-refractivity contribution < 1.29 is 9.59 Å². The monoisotopic (exact) mass is 483 g/mol. The summed E-state index contributed by atoms with van der Waals surface area (Å²) in [6.45, 7) is 1.99. The predicted octanol–water partition coefficient (Wildman–Crippen LogP) is 4.49.